The summed E-state index contributed by atoms with van der Waals surface area (Å²) in [7, 11) is 0. The first kappa shape index (κ1) is 59.9. The molecule has 0 aromatic heterocycles. The van der Waals surface area contributed by atoms with Gasteiger partial charge < -0.3 is 20.3 Å². The highest BCUT2D eigenvalue weighted by atomic mass is 16.5. The maximum atomic E-state index is 13.2. The summed E-state index contributed by atoms with van der Waals surface area (Å²) in [6.07, 6.45) is 54.5. The zero-order chi connectivity index (χ0) is 44.5. The van der Waals surface area contributed by atoms with Gasteiger partial charge in [-0.3, -0.25) is 9.59 Å². The molecule has 0 aliphatic heterocycles. The number of nitrogens with one attached hydrogen (secondary N) is 1. The lowest BCUT2D eigenvalue weighted by Gasteiger charge is -2.24. The Morgan fingerprint density at radius 2 is 0.689 bits per heavy atom. The number of hydrogen-bond donors (Lipinski definition) is 3. The Bertz CT molecular complexity index is 882. The first-order chi connectivity index (χ1) is 30.0. The van der Waals surface area contributed by atoms with Crippen LogP contribution >= 0.6 is 0 Å². The van der Waals surface area contributed by atoms with Crippen LogP contribution < -0.4 is 5.32 Å². The lowest BCUT2D eigenvalue weighted by molar-refractivity contribution is -0.151. The van der Waals surface area contributed by atoms with Crippen molar-refractivity contribution in [3.63, 3.8) is 0 Å². The van der Waals surface area contributed by atoms with Crippen LogP contribution in [0.5, 0.6) is 0 Å². The SMILES string of the molecule is CCCCCCCCCCCCCCCCCC(CC(=O)NC(CO)C(O)CCCCCCCCCCCCCCCC)OC(=O)CCCCCCCCCCCCCCC. The molecule has 364 valence electrons. The van der Waals surface area contributed by atoms with E-state index in [-0.39, 0.29) is 24.9 Å². The molecule has 0 saturated heterocycles. The van der Waals surface area contributed by atoms with Crippen LogP contribution in [-0.2, 0) is 14.3 Å². The molecular formula is C55H109NO5. The fraction of sp³-hybridized carbons (Fsp3) is 0.964. The molecule has 6 heteroatoms. The molecule has 0 spiro atoms. The average molecular weight is 864 g/mol. The van der Waals surface area contributed by atoms with Gasteiger partial charge in [-0.25, -0.2) is 0 Å². The molecule has 61 heavy (non-hydrogen) atoms. The third-order valence-electron chi connectivity index (χ3n) is 13.2. The van der Waals surface area contributed by atoms with Gasteiger partial charge in [0.05, 0.1) is 25.2 Å². The molecule has 1 amide bonds. The van der Waals surface area contributed by atoms with Crippen molar-refractivity contribution in [2.75, 3.05) is 6.61 Å². The van der Waals surface area contributed by atoms with E-state index in [9.17, 15) is 19.8 Å². The van der Waals surface area contributed by atoms with Crippen molar-refractivity contribution >= 4 is 11.9 Å². The van der Waals surface area contributed by atoms with Crippen LogP contribution in [-0.4, -0.2) is 46.9 Å². The molecular weight excluding hydrogens is 755 g/mol. The van der Waals surface area contributed by atoms with Crippen molar-refractivity contribution in [2.24, 2.45) is 0 Å². The summed E-state index contributed by atoms with van der Waals surface area (Å²) in [4.78, 5) is 26.2. The van der Waals surface area contributed by atoms with Crippen molar-refractivity contribution in [2.45, 2.75) is 334 Å². The highest BCUT2D eigenvalue weighted by Crippen LogP contribution is 2.19. The van der Waals surface area contributed by atoms with E-state index in [1.807, 2.05) is 0 Å². The molecule has 3 unspecified atom stereocenters. The molecule has 6 nitrogen and oxygen atoms in total. The second-order valence-corrected chi connectivity index (χ2v) is 19.4. The van der Waals surface area contributed by atoms with Crippen molar-refractivity contribution in [3.8, 4) is 0 Å². The van der Waals surface area contributed by atoms with Gasteiger partial charge in [-0.2, -0.15) is 0 Å². The Morgan fingerprint density at radius 3 is 1.00 bits per heavy atom. The van der Waals surface area contributed by atoms with Crippen molar-refractivity contribution < 1.29 is 24.5 Å². The molecule has 0 fully saturated rings. The standard InChI is InChI=1S/C55H109NO5/c1-4-7-10-13-16-19-22-25-27-29-31-34-37-40-43-46-51(61-55(60)48-45-42-39-36-33-28-24-21-18-15-12-9-6-3)49-54(59)56-52(50-57)53(58)47-44-41-38-35-32-30-26-23-20-17-14-11-8-5-2/h51-53,57-58H,4-50H2,1-3H3,(H,56,59). The molecule has 0 aromatic carbocycles. The summed E-state index contributed by atoms with van der Waals surface area (Å²) < 4.78 is 5.96. The first-order valence-electron chi connectivity index (χ1n) is 27.8. The van der Waals surface area contributed by atoms with E-state index in [0.29, 0.717) is 19.3 Å². The Labute approximate surface area is 381 Å². The van der Waals surface area contributed by atoms with Gasteiger partial charge in [0, 0.05) is 6.42 Å². The quantitative estimate of drug-likeness (QED) is 0.0418. The number of amides is 1. The van der Waals surface area contributed by atoms with Gasteiger partial charge >= 0.3 is 5.97 Å². The zero-order valence-electron chi connectivity index (χ0n) is 41.6. The third-order valence-corrected chi connectivity index (χ3v) is 13.2. The van der Waals surface area contributed by atoms with Gasteiger partial charge in [-0.05, 0) is 25.7 Å². The van der Waals surface area contributed by atoms with Gasteiger partial charge in [-0.15, -0.1) is 0 Å². The minimum absolute atomic E-state index is 0.0883. The predicted molar refractivity (Wildman–Crippen MR) is 264 cm³/mol. The van der Waals surface area contributed by atoms with Crippen molar-refractivity contribution in [1.29, 1.82) is 0 Å². The lowest BCUT2D eigenvalue weighted by atomic mass is 10.0. The van der Waals surface area contributed by atoms with Crippen LogP contribution in [0.25, 0.3) is 0 Å². The smallest absolute Gasteiger partial charge is 0.306 e. The van der Waals surface area contributed by atoms with E-state index < -0.39 is 18.2 Å². The molecule has 3 atom stereocenters. The zero-order valence-corrected chi connectivity index (χ0v) is 41.6. The summed E-state index contributed by atoms with van der Waals surface area (Å²) in [5.41, 5.74) is 0. The second kappa shape index (κ2) is 49.9. The largest absolute Gasteiger partial charge is 0.462 e. The number of carbonyl (C=O) groups excluding carboxylic acids is 2. The number of esters is 1. The van der Waals surface area contributed by atoms with E-state index >= 15 is 0 Å². The molecule has 0 saturated carbocycles. The van der Waals surface area contributed by atoms with E-state index in [1.54, 1.807) is 0 Å². The summed E-state index contributed by atoms with van der Waals surface area (Å²) in [6, 6.07) is -0.692. The van der Waals surface area contributed by atoms with Crippen LogP contribution in [0.3, 0.4) is 0 Å². The van der Waals surface area contributed by atoms with E-state index in [4.69, 9.17) is 4.74 Å². The van der Waals surface area contributed by atoms with Crippen LogP contribution in [0.4, 0.5) is 0 Å². The molecule has 0 heterocycles. The van der Waals surface area contributed by atoms with Gasteiger partial charge in [-0.1, -0.05) is 278 Å². The summed E-state index contributed by atoms with van der Waals surface area (Å²) in [6.45, 7) is 6.53. The number of hydrogen-bond acceptors (Lipinski definition) is 5. The molecule has 0 aliphatic carbocycles. The topological polar surface area (TPSA) is 95.9 Å². The maximum Gasteiger partial charge on any atom is 0.306 e. The molecule has 0 rings (SSSR count). The number of ether oxygens (including phenoxy) is 1. The van der Waals surface area contributed by atoms with E-state index in [0.717, 1.165) is 38.5 Å². The minimum Gasteiger partial charge on any atom is -0.462 e. The third kappa shape index (κ3) is 45.2. The van der Waals surface area contributed by atoms with Crippen molar-refractivity contribution in [1.82, 2.24) is 5.32 Å². The van der Waals surface area contributed by atoms with Crippen LogP contribution in [0.2, 0.25) is 0 Å². The number of rotatable bonds is 51. The maximum absolute atomic E-state index is 13.2. The molecule has 0 bridgehead atoms. The summed E-state index contributed by atoms with van der Waals surface area (Å²) >= 11 is 0. The average Bonchev–Trinajstić information content (AvgIpc) is 3.25. The van der Waals surface area contributed by atoms with Crippen molar-refractivity contribution in [3.05, 3.63) is 0 Å². The Kier molecular flexibility index (Phi) is 48.9. The van der Waals surface area contributed by atoms with Gasteiger partial charge in [0.1, 0.15) is 6.10 Å². The molecule has 0 aromatic rings. The number of aliphatic hydroxyl groups is 2. The minimum atomic E-state index is -0.779. The Morgan fingerprint density at radius 1 is 0.410 bits per heavy atom. The van der Waals surface area contributed by atoms with Crippen LogP contribution in [0.1, 0.15) is 316 Å². The number of aliphatic hydroxyl groups excluding tert-OH is 2. The first-order valence-corrected chi connectivity index (χ1v) is 27.8. The monoisotopic (exact) mass is 864 g/mol. The predicted octanol–water partition coefficient (Wildman–Crippen LogP) is 16.7. The second-order valence-electron chi connectivity index (χ2n) is 19.4. The van der Waals surface area contributed by atoms with E-state index in [2.05, 4.69) is 26.1 Å². The highest BCUT2D eigenvalue weighted by Gasteiger charge is 2.24. The molecule has 3 N–H and O–H groups in total. The summed E-state index contributed by atoms with van der Waals surface area (Å²) in [5.74, 6) is -0.447. The Balaban J connectivity index is 4.50. The lowest BCUT2D eigenvalue weighted by Crippen LogP contribution is -2.46. The van der Waals surface area contributed by atoms with Gasteiger partial charge in [0.15, 0.2) is 0 Å². The highest BCUT2D eigenvalue weighted by molar-refractivity contribution is 5.77. The fourth-order valence-electron chi connectivity index (χ4n) is 8.96. The number of unbranched alkanes of at least 4 members (excludes halogenated alkanes) is 39. The Hall–Kier alpha value is -1.14. The normalized spacial score (nSPS) is 13.1. The van der Waals surface area contributed by atoms with Crippen LogP contribution in [0.15, 0.2) is 0 Å². The molecule has 0 radical (unpaired) electrons. The molecule has 0 aliphatic rings. The van der Waals surface area contributed by atoms with E-state index in [1.165, 1.54) is 231 Å². The fourth-order valence-corrected chi connectivity index (χ4v) is 8.96. The number of carbonyl (C=O) groups is 2. The van der Waals surface area contributed by atoms with Gasteiger partial charge in [0.25, 0.3) is 0 Å². The summed E-state index contributed by atoms with van der Waals surface area (Å²) in [5, 5.41) is 23.8. The van der Waals surface area contributed by atoms with Crippen LogP contribution in [0, 0.1) is 0 Å². The van der Waals surface area contributed by atoms with Gasteiger partial charge in [0.2, 0.25) is 5.91 Å².